The normalized spacial score (nSPS) is 18.4. The summed E-state index contributed by atoms with van der Waals surface area (Å²) in [5, 5.41) is 0. The summed E-state index contributed by atoms with van der Waals surface area (Å²) in [5.41, 5.74) is 3.01. The maximum Gasteiger partial charge on any atom is 0.158 e. The van der Waals surface area contributed by atoms with E-state index in [0.717, 1.165) is 18.9 Å². The second-order valence-corrected chi connectivity index (χ2v) is 5.76. The Bertz CT molecular complexity index is 425. The van der Waals surface area contributed by atoms with Crippen molar-refractivity contribution in [2.45, 2.75) is 33.3 Å². The third-order valence-electron chi connectivity index (χ3n) is 3.62. The van der Waals surface area contributed by atoms with E-state index in [0.29, 0.717) is 23.7 Å². The summed E-state index contributed by atoms with van der Waals surface area (Å²) in [6, 6.07) is 1.89. The Labute approximate surface area is 114 Å². The van der Waals surface area contributed by atoms with Crippen LogP contribution in [0.5, 0.6) is 0 Å². The number of hydrogen-bond donors (Lipinski definition) is 2. The predicted octanol–water partition coefficient (Wildman–Crippen LogP) is 1.53. The zero-order chi connectivity index (χ0) is 13.9. The van der Waals surface area contributed by atoms with Gasteiger partial charge in [0.05, 0.1) is 0 Å². The van der Waals surface area contributed by atoms with Gasteiger partial charge < -0.3 is 15.1 Å². The van der Waals surface area contributed by atoms with Crippen molar-refractivity contribution >= 4 is 11.6 Å². The number of aromatic nitrogens is 2. The number of ether oxygens (including phenoxy) is 1. The first-order chi connectivity index (χ1) is 9.04. The molecule has 1 aromatic rings. The van der Waals surface area contributed by atoms with Crippen molar-refractivity contribution in [2.24, 2.45) is 11.3 Å². The van der Waals surface area contributed by atoms with Crippen LogP contribution in [0.3, 0.4) is 0 Å². The summed E-state index contributed by atoms with van der Waals surface area (Å²) in [6.07, 6.45) is 2.34. The molecule has 0 saturated carbocycles. The minimum absolute atomic E-state index is 0.391. The van der Waals surface area contributed by atoms with Crippen molar-refractivity contribution in [2.75, 3.05) is 30.5 Å². The first-order valence-corrected chi connectivity index (χ1v) is 6.62. The molecule has 0 atom stereocenters. The van der Waals surface area contributed by atoms with Crippen molar-refractivity contribution in [3.05, 3.63) is 11.9 Å². The number of nitrogens with zero attached hydrogens (tertiary/aromatic N) is 3. The molecule has 0 radical (unpaired) electrons. The summed E-state index contributed by atoms with van der Waals surface area (Å²) in [6.45, 7) is 7.05. The lowest BCUT2D eigenvalue weighted by Crippen LogP contribution is -2.38. The van der Waals surface area contributed by atoms with Crippen LogP contribution in [0.1, 0.15) is 32.5 Å². The number of piperidine rings is 1. The van der Waals surface area contributed by atoms with Crippen molar-refractivity contribution in [1.82, 2.24) is 9.97 Å². The predicted molar refractivity (Wildman–Crippen MR) is 75.8 cm³/mol. The van der Waals surface area contributed by atoms with Gasteiger partial charge in [-0.3, -0.25) is 0 Å². The zero-order valence-corrected chi connectivity index (χ0v) is 11.9. The summed E-state index contributed by atoms with van der Waals surface area (Å²) >= 11 is 0. The molecule has 1 aromatic heterocycles. The molecular weight excluding hydrogens is 242 g/mol. The molecule has 0 bridgehead atoms. The first-order valence-electron chi connectivity index (χ1n) is 6.62. The van der Waals surface area contributed by atoms with Crippen molar-refractivity contribution in [3.8, 4) is 0 Å². The van der Waals surface area contributed by atoms with Gasteiger partial charge in [-0.1, -0.05) is 13.8 Å². The fourth-order valence-corrected chi connectivity index (χ4v) is 2.25. The molecule has 6 nitrogen and oxygen atoms in total. The van der Waals surface area contributed by atoms with Gasteiger partial charge in [0.2, 0.25) is 0 Å². The van der Waals surface area contributed by atoms with Gasteiger partial charge in [0, 0.05) is 26.3 Å². The molecule has 0 unspecified atom stereocenters. The van der Waals surface area contributed by atoms with Gasteiger partial charge in [0.1, 0.15) is 18.2 Å². The van der Waals surface area contributed by atoms with Crippen LogP contribution < -0.4 is 16.2 Å². The number of anilines is 2. The fraction of sp³-hybridized carbons (Fsp3) is 0.692. The van der Waals surface area contributed by atoms with Gasteiger partial charge >= 0.3 is 0 Å². The Kier molecular flexibility index (Phi) is 4.21. The fourth-order valence-electron chi connectivity index (χ4n) is 2.25. The molecule has 3 N–H and O–H groups in total. The molecule has 0 spiro atoms. The second-order valence-electron chi connectivity index (χ2n) is 5.76. The first kappa shape index (κ1) is 14.0. The standard InChI is InChI=1S/C13H23N5O/c1-13(2)4-6-18(7-5-13)12-8-10(17-14)15-11(16-12)9-19-3/h8H,4-7,9,14H2,1-3H3,(H,15,16,17). The minimum Gasteiger partial charge on any atom is -0.377 e. The van der Waals surface area contributed by atoms with Crippen LogP contribution in [0.25, 0.3) is 0 Å². The van der Waals surface area contributed by atoms with Gasteiger partial charge in [-0.25, -0.2) is 15.8 Å². The van der Waals surface area contributed by atoms with Crippen molar-refractivity contribution in [3.63, 3.8) is 0 Å². The molecule has 0 aliphatic carbocycles. The molecule has 0 aromatic carbocycles. The van der Waals surface area contributed by atoms with Crippen LogP contribution in [0, 0.1) is 5.41 Å². The monoisotopic (exact) mass is 265 g/mol. The van der Waals surface area contributed by atoms with Gasteiger partial charge in [-0.15, -0.1) is 0 Å². The molecule has 106 valence electrons. The van der Waals surface area contributed by atoms with E-state index in [9.17, 15) is 0 Å². The number of methoxy groups -OCH3 is 1. The van der Waals surface area contributed by atoms with E-state index < -0.39 is 0 Å². The third-order valence-corrected chi connectivity index (χ3v) is 3.62. The van der Waals surface area contributed by atoms with Crippen molar-refractivity contribution in [1.29, 1.82) is 0 Å². The van der Waals surface area contributed by atoms with E-state index in [1.807, 2.05) is 6.07 Å². The lowest BCUT2D eigenvalue weighted by molar-refractivity contribution is 0.178. The van der Waals surface area contributed by atoms with Gasteiger partial charge in [-0.05, 0) is 18.3 Å². The number of nitrogens with one attached hydrogen (secondary N) is 1. The van der Waals surface area contributed by atoms with E-state index in [2.05, 4.69) is 34.1 Å². The molecule has 1 saturated heterocycles. The highest BCUT2D eigenvalue weighted by Gasteiger charge is 2.26. The Morgan fingerprint density at radius 1 is 1.37 bits per heavy atom. The highest BCUT2D eigenvalue weighted by atomic mass is 16.5. The minimum atomic E-state index is 0.391. The quantitative estimate of drug-likeness (QED) is 0.635. The van der Waals surface area contributed by atoms with Crippen LogP contribution in [-0.2, 0) is 11.3 Å². The number of nitrogens with two attached hydrogens (primary N) is 1. The Morgan fingerprint density at radius 3 is 2.63 bits per heavy atom. The molecule has 2 rings (SSSR count). The van der Waals surface area contributed by atoms with Crippen LogP contribution >= 0.6 is 0 Å². The van der Waals surface area contributed by atoms with E-state index in [1.165, 1.54) is 12.8 Å². The van der Waals surface area contributed by atoms with Crippen LogP contribution in [0.2, 0.25) is 0 Å². The molecule has 6 heteroatoms. The summed E-state index contributed by atoms with van der Waals surface area (Å²) < 4.78 is 5.09. The maximum atomic E-state index is 5.46. The molecule has 2 heterocycles. The molecule has 19 heavy (non-hydrogen) atoms. The highest BCUT2D eigenvalue weighted by molar-refractivity contribution is 5.49. The number of nitrogen functional groups attached to an aromatic ring is 1. The molecule has 0 amide bonds. The summed E-state index contributed by atoms with van der Waals surface area (Å²) in [7, 11) is 1.63. The SMILES string of the molecule is COCc1nc(NN)cc(N2CCC(C)(C)CC2)n1. The molecule has 1 aliphatic rings. The van der Waals surface area contributed by atoms with E-state index in [4.69, 9.17) is 10.6 Å². The Hall–Kier alpha value is -1.40. The molecular formula is C13H23N5O. The highest BCUT2D eigenvalue weighted by Crippen LogP contribution is 2.31. The average molecular weight is 265 g/mol. The maximum absolute atomic E-state index is 5.46. The number of rotatable bonds is 4. The van der Waals surface area contributed by atoms with E-state index in [1.54, 1.807) is 7.11 Å². The second kappa shape index (κ2) is 5.71. The lowest BCUT2D eigenvalue weighted by Gasteiger charge is -2.37. The van der Waals surface area contributed by atoms with E-state index >= 15 is 0 Å². The smallest absolute Gasteiger partial charge is 0.158 e. The van der Waals surface area contributed by atoms with E-state index in [-0.39, 0.29) is 0 Å². The zero-order valence-electron chi connectivity index (χ0n) is 11.9. The number of hydrogen-bond acceptors (Lipinski definition) is 6. The van der Waals surface area contributed by atoms with Crippen molar-refractivity contribution < 1.29 is 4.74 Å². The number of hydrazine groups is 1. The largest absolute Gasteiger partial charge is 0.377 e. The molecule has 1 aliphatic heterocycles. The average Bonchev–Trinajstić information content (AvgIpc) is 2.38. The summed E-state index contributed by atoms with van der Waals surface area (Å²) in [4.78, 5) is 11.1. The molecule has 1 fully saturated rings. The lowest BCUT2D eigenvalue weighted by atomic mass is 9.83. The van der Waals surface area contributed by atoms with Crippen LogP contribution in [-0.4, -0.2) is 30.2 Å². The summed E-state index contributed by atoms with van der Waals surface area (Å²) in [5.74, 6) is 7.66. The van der Waals surface area contributed by atoms with Gasteiger partial charge in [0.15, 0.2) is 5.82 Å². The van der Waals surface area contributed by atoms with Crippen LogP contribution in [0.15, 0.2) is 6.07 Å². The van der Waals surface area contributed by atoms with Gasteiger partial charge in [0.25, 0.3) is 0 Å². The van der Waals surface area contributed by atoms with Crippen LogP contribution in [0.4, 0.5) is 11.6 Å². The topological polar surface area (TPSA) is 76.3 Å². The van der Waals surface area contributed by atoms with Gasteiger partial charge in [-0.2, -0.15) is 0 Å². The third kappa shape index (κ3) is 3.54. The Balaban J connectivity index is 2.17. The Morgan fingerprint density at radius 2 is 2.05 bits per heavy atom.